The second kappa shape index (κ2) is 11.7. The number of benzene rings is 1. The van der Waals surface area contributed by atoms with E-state index in [0.717, 1.165) is 5.56 Å². The molecule has 0 heterocycles. The number of Topliss-reactive ketones (excluding diaryl/α,β-unsaturated/α-hetero) is 1. The number of amides is 1. The third kappa shape index (κ3) is 7.02. The summed E-state index contributed by atoms with van der Waals surface area (Å²) in [4.78, 5) is 48.8. The molecule has 1 N–H and O–H groups in total. The average Bonchev–Trinajstić information content (AvgIpc) is 2.66. The maximum Gasteiger partial charge on any atom is 0.407 e. The molecule has 28 heavy (non-hydrogen) atoms. The van der Waals surface area contributed by atoms with Gasteiger partial charge >= 0.3 is 18.0 Å². The highest BCUT2D eigenvalue weighted by Crippen LogP contribution is 2.19. The molecule has 0 radical (unpaired) electrons. The van der Waals surface area contributed by atoms with E-state index < -0.39 is 41.7 Å². The first-order chi connectivity index (χ1) is 13.3. The van der Waals surface area contributed by atoms with E-state index in [1.54, 1.807) is 38.1 Å². The second-order valence-electron chi connectivity index (χ2n) is 6.11. The summed E-state index contributed by atoms with van der Waals surface area (Å²) in [6.07, 6.45) is -0.861. The number of alkyl carbamates (subject to hydrolysis) is 1. The smallest absolute Gasteiger partial charge is 0.407 e. The number of carbonyl (C=O) groups excluding carboxylic acids is 4. The van der Waals surface area contributed by atoms with Gasteiger partial charge in [0.15, 0.2) is 0 Å². The largest absolute Gasteiger partial charge is 0.466 e. The molecule has 0 bridgehead atoms. The van der Waals surface area contributed by atoms with Crippen molar-refractivity contribution in [3.63, 3.8) is 0 Å². The summed E-state index contributed by atoms with van der Waals surface area (Å²) in [5.74, 6) is -4.33. The molecule has 1 amide bonds. The van der Waals surface area contributed by atoms with Crippen molar-refractivity contribution in [1.82, 2.24) is 5.32 Å². The Balaban J connectivity index is 2.97. The second-order valence-corrected chi connectivity index (χ2v) is 6.11. The van der Waals surface area contributed by atoms with Crippen LogP contribution in [0.4, 0.5) is 4.79 Å². The third-order valence-electron chi connectivity index (χ3n) is 4.03. The monoisotopic (exact) mass is 393 g/mol. The standard InChI is InChI=1S/C20H27NO7/c1-5-26-18(23)13(3)17(16(14(4)22)19(24)27-6-2)21-20(25)28-12-15-10-8-7-9-11-15/h7-11,13,16-17H,5-6,12H2,1-4H3,(H,21,25). The van der Waals surface area contributed by atoms with E-state index in [2.05, 4.69) is 5.32 Å². The Morgan fingerprint density at radius 1 is 0.929 bits per heavy atom. The molecule has 0 aromatic heterocycles. The molecular formula is C20H27NO7. The number of rotatable bonds is 10. The highest BCUT2D eigenvalue weighted by Gasteiger charge is 2.41. The van der Waals surface area contributed by atoms with Crippen molar-refractivity contribution < 1.29 is 33.4 Å². The van der Waals surface area contributed by atoms with Crippen LogP contribution in [0.3, 0.4) is 0 Å². The van der Waals surface area contributed by atoms with Crippen LogP contribution in [0.1, 0.15) is 33.3 Å². The SMILES string of the molecule is CCOC(=O)C(C)C(NC(=O)OCc1ccccc1)C(C(C)=O)C(=O)OCC. The van der Waals surface area contributed by atoms with Crippen molar-refractivity contribution in [1.29, 1.82) is 0 Å². The molecule has 1 aromatic carbocycles. The van der Waals surface area contributed by atoms with E-state index in [9.17, 15) is 19.2 Å². The maximum absolute atomic E-state index is 12.3. The lowest BCUT2D eigenvalue weighted by molar-refractivity contribution is -0.155. The summed E-state index contributed by atoms with van der Waals surface area (Å²) in [6.45, 7) is 6.07. The van der Waals surface area contributed by atoms with Crippen molar-refractivity contribution in [2.45, 2.75) is 40.3 Å². The number of nitrogens with one attached hydrogen (secondary N) is 1. The molecule has 0 saturated carbocycles. The van der Waals surface area contributed by atoms with Crippen LogP contribution < -0.4 is 5.32 Å². The Morgan fingerprint density at radius 2 is 1.50 bits per heavy atom. The fraction of sp³-hybridized carbons (Fsp3) is 0.500. The van der Waals surface area contributed by atoms with Gasteiger partial charge in [-0.2, -0.15) is 0 Å². The zero-order valence-electron chi connectivity index (χ0n) is 16.6. The first-order valence-corrected chi connectivity index (χ1v) is 9.12. The number of hydrogen-bond donors (Lipinski definition) is 1. The predicted octanol–water partition coefficient (Wildman–Crippen LogP) is 2.25. The van der Waals surface area contributed by atoms with Crippen LogP contribution in [0.25, 0.3) is 0 Å². The average molecular weight is 393 g/mol. The van der Waals surface area contributed by atoms with Gasteiger partial charge in [0.2, 0.25) is 0 Å². The molecule has 1 rings (SSSR count). The molecule has 0 spiro atoms. The summed E-state index contributed by atoms with van der Waals surface area (Å²) in [6, 6.07) is 7.83. The number of ketones is 1. The summed E-state index contributed by atoms with van der Waals surface area (Å²) < 4.78 is 15.1. The normalized spacial score (nSPS) is 13.6. The minimum absolute atomic E-state index is 0.00265. The van der Waals surface area contributed by atoms with E-state index in [0.29, 0.717) is 0 Å². The van der Waals surface area contributed by atoms with Crippen LogP contribution >= 0.6 is 0 Å². The summed E-state index contributed by atoms with van der Waals surface area (Å²) in [7, 11) is 0. The van der Waals surface area contributed by atoms with Crippen molar-refractivity contribution in [3.05, 3.63) is 35.9 Å². The first kappa shape index (κ1) is 23.1. The van der Waals surface area contributed by atoms with Crippen LogP contribution in [0, 0.1) is 11.8 Å². The molecule has 1 aromatic rings. The lowest BCUT2D eigenvalue weighted by atomic mass is 9.86. The molecule has 0 fully saturated rings. The lowest BCUT2D eigenvalue weighted by Crippen LogP contribution is -2.52. The van der Waals surface area contributed by atoms with E-state index >= 15 is 0 Å². The van der Waals surface area contributed by atoms with Gasteiger partial charge in [-0.05, 0) is 33.3 Å². The zero-order chi connectivity index (χ0) is 21.1. The van der Waals surface area contributed by atoms with Crippen molar-refractivity contribution in [3.8, 4) is 0 Å². The number of esters is 2. The molecule has 154 valence electrons. The van der Waals surface area contributed by atoms with Crippen LogP contribution in [0.5, 0.6) is 0 Å². The molecule has 3 atom stereocenters. The van der Waals surface area contributed by atoms with Gasteiger partial charge < -0.3 is 19.5 Å². The lowest BCUT2D eigenvalue weighted by Gasteiger charge is -2.28. The van der Waals surface area contributed by atoms with Gasteiger partial charge in [-0.3, -0.25) is 14.4 Å². The Bertz CT molecular complexity index is 674. The Kier molecular flexibility index (Phi) is 9.70. The van der Waals surface area contributed by atoms with Gasteiger partial charge in [0.1, 0.15) is 18.3 Å². The topological polar surface area (TPSA) is 108 Å². The van der Waals surface area contributed by atoms with Crippen molar-refractivity contribution >= 4 is 23.8 Å². The highest BCUT2D eigenvalue weighted by molar-refractivity contribution is 5.99. The summed E-state index contributed by atoms with van der Waals surface area (Å²) >= 11 is 0. The number of carbonyl (C=O) groups is 4. The Morgan fingerprint density at radius 3 is 2.04 bits per heavy atom. The van der Waals surface area contributed by atoms with Crippen LogP contribution in [-0.2, 0) is 35.2 Å². The van der Waals surface area contributed by atoms with Gasteiger partial charge in [-0.15, -0.1) is 0 Å². The third-order valence-corrected chi connectivity index (χ3v) is 4.03. The van der Waals surface area contributed by atoms with Gasteiger partial charge in [0, 0.05) is 0 Å². The fourth-order valence-corrected chi connectivity index (χ4v) is 2.62. The minimum atomic E-state index is -1.36. The van der Waals surface area contributed by atoms with Crippen LogP contribution in [0.15, 0.2) is 30.3 Å². The molecule has 8 heteroatoms. The van der Waals surface area contributed by atoms with E-state index in [-0.39, 0.29) is 19.8 Å². The van der Waals surface area contributed by atoms with Gasteiger partial charge in [-0.25, -0.2) is 4.79 Å². The molecule has 0 aliphatic heterocycles. The van der Waals surface area contributed by atoms with E-state index in [1.165, 1.54) is 13.8 Å². The molecule has 8 nitrogen and oxygen atoms in total. The van der Waals surface area contributed by atoms with E-state index in [1.807, 2.05) is 6.07 Å². The molecule has 0 aliphatic carbocycles. The first-order valence-electron chi connectivity index (χ1n) is 9.12. The fourth-order valence-electron chi connectivity index (χ4n) is 2.62. The molecular weight excluding hydrogens is 366 g/mol. The predicted molar refractivity (Wildman–Crippen MR) is 100 cm³/mol. The van der Waals surface area contributed by atoms with Gasteiger partial charge in [-0.1, -0.05) is 30.3 Å². The molecule has 0 saturated heterocycles. The highest BCUT2D eigenvalue weighted by atomic mass is 16.6. The Labute approximate surface area is 164 Å². The Hall–Kier alpha value is -2.90. The quantitative estimate of drug-likeness (QED) is 0.369. The van der Waals surface area contributed by atoms with Crippen LogP contribution in [0.2, 0.25) is 0 Å². The molecule has 0 aliphatic rings. The molecule has 3 unspecified atom stereocenters. The van der Waals surface area contributed by atoms with Crippen molar-refractivity contribution in [2.24, 2.45) is 11.8 Å². The number of ether oxygens (including phenoxy) is 3. The van der Waals surface area contributed by atoms with E-state index in [4.69, 9.17) is 14.2 Å². The van der Waals surface area contributed by atoms with Crippen molar-refractivity contribution in [2.75, 3.05) is 13.2 Å². The van der Waals surface area contributed by atoms with Gasteiger partial charge in [0.05, 0.1) is 25.2 Å². The maximum atomic E-state index is 12.3. The summed E-state index contributed by atoms with van der Waals surface area (Å²) in [5, 5.41) is 2.46. The van der Waals surface area contributed by atoms with Gasteiger partial charge in [0.25, 0.3) is 0 Å². The minimum Gasteiger partial charge on any atom is -0.466 e. The van der Waals surface area contributed by atoms with Crippen LogP contribution in [-0.4, -0.2) is 43.1 Å². The zero-order valence-corrected chi connectivity index (χ0v) is 16.6. The summed E-state index contributed by atoms with van der Waals surface area (Å²) in [5.41, 5.74) is 0.765. The number of hydrogen-bond acceptors (Lipinski definition) is 7.